The normalized spacial score (nSPS) is 11.7. The highest BCUT2D eigenvalue weighted by molar-refractivity contribution is 5.57. The van der Waals surface area contributed by atoms with Crippen molar-refractivity contribution in [3.63, 3.8) is 0 Å². The predicted octanol–water partition coefficient (Wildman–Crippen LogP) is 3.58. The van der Waals surface area contributed by atoms with Gasteiger partial charge in [0, 0.05) is 11.8 Å². The molecule has 0 fully saturated rings. The molecule has 5 N–H and O–H groups in total. The molecule has 22 heavy (non-hydrogen) atoms. The summed E-state index contributed by atoms with van der Waals surface area (Å²) in [5, 5.41) is 0. The van der Waals surface area contributed by atoms with Crippen molar-refractivity contribution < 1.29 is 4.84 Å². The summed E-state index contributed by atoms with van der Waals surface area (Å²) in [7, 11) is 0. The zero-order valence-electron chi connectivity index (χ0n) is 13.6. The average molecular weight is 305 g/mol. The van der Waals surface area contributed by atoms with E-state index in [-0.39, 0.29) is 0 Å². The zero-order chi connectivity index (χ0) is 15.9. The first-order valence-electron chi connectivity index (χ1n) is 8.46. The Bertz CT molecular complexity index is 397. The monoisotopic (exact) mass is 305 g/mol. The number of hydroxylamine groups is 1. The minimum Gasteiger partial charge on any atom is -0.382 e. The SMILES string of the molecule is C1=Cc2ccccc2ON1.NCCCCCCCCCCN. The molecule has 0 radical (unpaired) electrons. The molecule has 1 heterocycles. The molecular formula is C18H31N3O. The Morgan fingerprint density at radius 2 is 1.32 bits per heavy atom. The van der Waals surface area contributed by atoms with Gasteiger partial charge in [-0.05, 0) is 38.1 Å². The van der Waals surface area contributed by atoms with E-state index in [1.54, 1.807) is 6.20 Å². The van der Waals surface area contributed by atoms with E-state index >= 15 is 0 Å². The summed E-state index contributed by atoms with van der Waals surface area (Å²) in [6.45, 7) is 1.71. The van der Waals surface area contributed by atoms with Crippen LogP contribution in [0.25, 0.3) is 6.08 Å². The molecule has 1 aliphatic rings. The number of nitrogens with two attached hydrogens (primary N) is 2. The van der Waals surface area contributed by atoms with Gasteiger partial charge in [0.25, 0.3) is 0 Å². The molecule has 0 atom stereocenters. The number of rotatable bonds is 9. The summed E-state index contributed by atoms with van der Waals surface area (Å²) in [6, 6.07) is 7.86. The maximum atomic E-state index is 5.40. The second-order valence-corrected chi connectivity index (χ2v) is 5.50. The van der Waals surface area contributed by atoms with Crippen LogP contribution in [0.4, 0.5) is 0 Å². The average Bonchev–Trinajstić information content (AvgIpc) is 2.58. The van der Waals surface area contributed by atoms with Crippen molar-refractivity contribution in [2.45, 2.75) is 51.4 Å². The van der Waals surface area contributed by atoms with Crippen LogP contribution < -0.4 is 21.8 Å². The summed E-state index contributed by atoms with van der Waals surface area (Å²) in [5.41, 5.74) is 14.6. The van der Waals surface area contributed by atoms with Crippen LogP contribution in [-0.2, 0) is 0 Å². The molecule has 0 saturated carbocycles. The van der Waals surface area contributed by atoms with Gasteiger partial charge < -0.3 is 16.3 Å². The predicted molar refractivity (Wildman–Crippen MR) is 94.3 cm³/mol. The van der Waals surface area contributed by atoms with Crippen LogP contribution in [0.1, 0.15) is 56.9 Å². The molecule has 0 spiro atoms. The molecule has 0 aliphatic carbocycles. The van der Waals surface area contributed by atoms with Gasteiger partial charge in [-0.1, -0.05) is 56.7 Å². The molecule has 1 aliphatic heterocycles. The quantitative estimate of drug-likeness (QED) is 0.610. The first kappa shape index (κ1) is 18.5. The van der Waals surface area contributed by atoms with Crippen LogP contribution in [0.5, 0.6) is 5.75 Å². The highest BCUT2D eigenvalue weighted by Crippen LogP contribution is 2.20. The standard InChI is InChI=1S/C10H24N2.C8H7NO/c11-9-7-5-3-1-2-4-6-8-10-12;1-2-4-8-7(3-1)5-6-9-10-8/h1-12H2;1-6,9H. The second-order valence-electron chi connectivity index (χ2n) is 5.50. The Labute approximate surface area is 134 Å². The molecule has 0 bridgehead atoms. The van der Waals surface area contributed by atoms with Gasteiger partial charge in [0.2, 0.25) is 0 Å². The third-order valence-electron chi connectivity index (χ3n) is 3.58. The van der Waals surface area contributed by atoms with Gasteiger partial charge in [0.15, 0.2) is 5.75 Å². The van der Waals surface area contributed by atoms with E-state index in [9.17, 15) is 0 Å². The Morgan fingerprint density at radius 3 is 1.86 bits per heavy atom. The summed E-state index contributed by atoms with van der Waals surface area (Å²) < 4.78 is 0. The van der Waals surface area contributed by atoms with E-state index in [1.807, 2.05) is 30.3 Å². The van der Waals surface area contributed by atoms with Gasteiger partial charge in [-0.3, -0.25) is 0 Å². The van der Waals surface area contributed by atoms with E-state index < -0.39 is 0 Å². The minimum absolute atomic E-state index is 0.854. The van der Waals surface area contributed by atoms with Crippen LogP contribution >= 0.6 is 0 Å². The fraction of sp³-hybridized carbons (Fsp3) is 0.556. The van der Waals surface area contributed by atoms with E-state index in [0.717, 1.165) is 24.4 Å². The molecule has 1 aromatic rings. The van der Waals surface area contributed by atoms with Gasteiger partial charge in [0.05, 0.1) is 0 Å². The van der Waals surface area contributed by atoms with Crippen molar-refractivity contribution in [3.05, 3.63) is 36.0 Å². The minimum atomic E-state index is 0.854. The molecule has 124 valence electrons. The molecule has 0 aromatic heterocycles. The van der Waals surface area contributed by atoms with E-state index in [2.05, 4.69) is 5.48 Å². The third-order valence-corrected chi connectivity index (χ3v) is 3.58. The van der Waals surface area contributed by atoms with Crippen molar-refractivity contribution in [2.75, 3.05) is 13.1 Å². The number of unbranched alkanes of at least 4 members (excludes halogenated alkanes) is 7. The first-order valence-corrected chi connectivity index (χ1v) is 8.46. The van der Waals surface area contributed by atoms with Crippen molar-refractivity contribution in [2.24, 2.45) is 11.5 Å². The fourth-order valence-electron chi connectivity index (χ4n) is 2.28. The van der Waals surface area contributed by atoms with Crippen molar-refractivity contribution in [3.8, 4) is 5.75 Å². The Morgan fingerprint density at radius 1 is 0.773 bits per heavy atom. The van der Waals surface area contributed by atoms with E-state index in [1.165, 1.54) is 51.4 Å². The maximum Gasteiger partial charge on any atom is 0.162 e. The Balaban J connectivity index is 0.000000222. The smallest absolute Gasteiger partial charge is 0.162 e. The fourth-order valence-corrected chi connectivity index (χ4v) is 2.28. The Hall–Kier alpha value is -1.52. The second kappa shape index (κ2) is 13.2. The lowest BCUT2D eigenvalue weighted by Gasteiger charge is -2.11. The van der Waals surface area contributed by atoms with Crippen LogP contribution in [0, 0.1) is 0 Å². The van der Waals surface area contributed by atoms with E-state index in [4.69, 9.17) is 16.3 Å². The lowest BCUT2D eigenvalue weighted by Crippen LogP contribution is -2.13. The molecule has 4 heteroatoms. The third kappa shape index (κ3) is 8.70. The van der Waals surface area contributed by atoms with Crippen molar-refractivity contribution >= 4 is 6.08 Å². The number of hydrogen-bond donors (Lipinski definition) is 3. The van der Waals surface area contributed by atoms with Crippen molar-refractivity contribution in [1.29, 1.82) is 0 Å². The number of para-hydroxylation sites is 1. The van der Waals surface area contributed by atoms with Crippen LogP contribution in [0.3, 0.4) is 0 Å². The number of nitrogens with one attached hydrogen (secondary N) is 1. The molecule has 2 rings (SSSR count). The Kier molecular flexibility index (Phi) is 11.1. The highest BCUT2D eigenvalue weighted by Gasteiger charge is 2.01. The van der Waals surface area contributed by atoms with Gasteiger partial charge in [-0.15, -0.1) is 0 Å². The molecule has 0 saturated heterocycles. The molecule has 0 amide bonds. The van der Waals surface area contributed by atoms with Gasteiger partial charge in [0.1, 0.15) is 0 Å². The van der Waals surface area contributed by atoms with Gasteiger partial charge in [-0.2, -0.15) is 0 Å². The lowest BCUT2D eigenvalue weighted by molar-refractivity contribution is 0.239. The number of fused-ring (bicyclic) bond motifs is 1. The summed E-state index contributed by atoms with van der Waals surface area (Å²) in [6.07, 6.45) is 14.2. The summed E-state index contributed by atoms with van der Waals surface area (Å²) in [5.74, 6) is 0.880. The molecule has 1 aromatic carbocycles. The topological polar surface area (TPSA) is 73.3 Å². The molecular weight excluding hydrogens is 274 g/mol. The largest absolute Gasteiger partial charge is 0.382 e. The zero-order valence-corrected chi connectivity index (χ0v) is 13.6. The first-order chi connectivity index (χ1) is 10.9. The lowest BCUT2D eigenvalue weighted by atomic mass is 10.1. The van der Waals surface area contributed by atoms with Crippen molar-refractivity contribution in [1.82, 2.24) is 5.48 Å². The molecule has 4 nitrogen and oxygen atoms in total. The van der Waals surface area contributed by atoms with Crippen LogP contribution in [-0.4, -0.2) is 13.1 Å². The van der Waals surface area contributed by atoms with E-state index in [0.29, 0.717) is 0 Å². The summed E-state index contributed by atoms with van der Waals surface area (Å²) in [4.78, 5) is 5.09. The van der Waals surface area contributed by atoms with Gasteiger partial charge >= 0.3 is 0 Å². The molecule has 0 unspecified atom stereocenters. The van der Waals surface area contributed by atoms with Crippen LogP contribution in [0.15, 0.2) is 30.5 Å². The highest BCUT2D eigenvalue weighted by atomic mass is 16.6. The summed E-state index contributed by atoms with van der Waals surface area (Å²) >= 11 is 0. The number of hydrogen-bond acceptors (Lipinski definition) is 4. The number of benzene rings is 1. The maximum absolute atomic E-state index is 5.40. The van der Waals surface area contributed by atoms with Crippen LogP contribution in [0.2, 0.25) is 0 Å². The van der Waals surface area contributed by atoms with Gasteiger partial charge in [-0.25, -0.2) is 5.48 Å².